The van der Waals surface area contributed by atoms with Gasteiger partial charge in [0.15, 0.2) is 0 Å². The molecule has 0 atom stereocenters. The maximum Gasteiger partial charge on any atom is 0.209 e. The van der Waals surface area contributed by atoms with Crippen LogP contribution < -0.4 is 4.72 Å². The summed E-state index contributed by atoms with van der Waals surface area (Å²) in [4.78, 5) is 4.66. The summed E-state index contributed by atoms with van der Waals surface area (Å²) in [7, 11) is -3.23. The number of rotatable bonds is 4. The summed E-state index contributed by atoms with van der Waals surface area (Å²) in [5, 5.41) is 0. The molecule has 156 valence electrons. The van der Waals surface area contributed by atoms with Crippen molar-refractivity contribution in [1.82, 2.24) is 14.1 Å². The van der Waals surface area contributed by atoms with Crippen LogP contribution in [0.5, 0.6) is 0 Å². The normalized spacial score (nSPS) is 11.3. The number of nitrogens with one attached hydrogen (secondary N) is 1. The largest absolute Gasteiger partial charge is 0.306 e. The van der Waals surface area contributed by atoms with Gasteiger partial charge in [-0.2, -0.15) is 0 Å². The molecule has 0 amide bonds. The Morgan fingerprint density at radius 2 is 1.61 bits per heavy atom. The molecule has 4 aromatic rings. The van der Waals surface area contributed by atoms with Gasteiger partial charge >= 0.3 is 0 Å². The zero-order chi connectivity index (χ0) is 22.0. The van der Waals surface area contributed by atoms with Crippen molar-refractivity contribution in [2.75, 3.05) is 6.26 Å². The fraction of sp³-hybridized carbons (Fsp3) is 0.160. The maximum absolute atomic E-state index is 11.3. The van der Waals surface area contributed by atoms with Crippen LogP contribution in [0.2, 0.25) is 0 Å². The van der Waals surface area contributed by atoms with Crippen molar-refractivity contribution < 1.29 is 8.42 Å². The highest BCUT2D eigenvalue weighted by Gasteiger charge is 2.06. The summed E-state index contributed by atoms with van der Waals surface area (Å²) in [6.45, 7) is 4.43. The van der Waals surface area contributed by atoms with Crippen LogP contribution in [-0.4, -0.2) is 24.1 Å². The Labute approximate surface area is 182 Å². The number of fused-ring (bicyclic) bond motifs is 1. The van der Waals surface area contributed by atoms with E-state index in [2.05, 4.69) is 47.5 Å². The first-order valence-electron chi connectivity index (χ1n) is 9.89. The van der Waals surface area contributed by atoms with Gasteiger partial charge in [-0.05, 0) is 60.9 Å². The van der Waals surface area contributed by atoms with Gasteiger partial charge in [0.05, 0.1) is 11.9 Å². The number of benzene rings is 2. The van der Waals surface area contributed by atoms with Gasteiger partial charge in [0, 0.05) is 35.6 Å². The third kappa shape index (κ3) is 5.21. The number of pyridine rings is 1. The zero-order valence-corrected chi connectivity index (χ0v) is 18.5. The molecule has 0 saturated heterocycles. The van der Waals surface area contributed by atoms with Gasteiger partial charge in [-0.15, -0.1) is 0 Å². The van der Waals surface area contributed by atoms with Gasteiger partial charge in [-0.25, -0.2) is 18.1 Å². The van der Waals surface area contributed by atoms with E-state index in [1.54, 1.807) is 0 Å². The van der Waals surface area contributed by atoms with E-state index >= 15 is 0 Å². The standard InChI is InChI=1S/C25H23N3O2S/c1-18-4-5-21(14-19(18)2)7-6-20-8-11-23(12-9-20)24-17-28-16-22(10-13-25(28)27-24)15-26-31(3,29)30/h4-5,8-14,16-17,26H,15H2,1-3H3. The minimum absolute atomic E-state index is 0.246. The summed E-state index contributed by atoms with van der Waals surface area (Å²) >= 11 is 0. The molecule has 0 spiro atoms. The molecule has 0 unspecified atom stereocenters. The first-order valence-corrected chi connectivity index (χ1v) is 11.8. The molecule has 4 rings (SSSR count). The Kier molecular flexibility index (Phi) is 5.64. The maximum atomic E-state index is 11.3. The van der Waals surface area contributed by atoms with Gasteiger partial charge in [-0.3, -0.25) is 0 Å². The predicted octanol–water partition coefficient (Wildman–Crippen LogP) is 4.07. The van der Waals surface area contributed by atoms with Crippen molar-refractivity contribution >= 4 is 15.7 Å². The number of imidazole rings is 1. The molecule has 0 saturated carbocycles. The average Bonchev–Trinajstić information content (AvgIpc) is 3.16. The van der Waals surface area contributed by atoms with Crippen molar-refractivity contribution in [1.29, 1.82) is 0 Å². The van der Waals surface area contributed by atoms with Crippen LogP contribution in [0.15, 0.2) is 67.0 Å². The summed E-state index contributed by atoms with van der Waals surface area (Å²) in [6.07, 6.45) is 4.97. The predicted molar refractivity (Wildman–Crippen MR) is 124 cm³/mol. The van der Waals surface area contributed by atoms with Gasteiger partial charge in [0.1, 0.15) is 5.65 Å². The number of nitrogens with zero attached hydrogens (tertiary/aromatic N) is 2. The fourth-order valence-corrected chi connectivity index (χ4v) is 3.61. The monoisotopic (exact) mass is 429 g/mol. The zero-order valence-electron chi connectivity index (χ0n) is 17.7. The highest BCUT2D eigenvalue weighted by molar-refractivity contribution is 7.88. The Hall–Kier alpha value is -3.40. The van der Waals surface area contributed by atoms with Crippen LogP contribution in [0.25, 0.3) is 16.9 Å². The van der Waals surface area contributed by atoms with E-state index < -0.39 is 10.0 Å². The molecule has 0 bridgehead atoms. The van der Waals surface area contributed by atoms with E-state index in [1.165, 1.54) is 11.1 Å². The van der Waals surface area contributed by atoms with Gasteiger partial charge in [-0.1, -0.05) is 36.1 Å². The quantitative estimate of drug-likeness (QED) is 0.498. The molecule has 0 aliphatic carbocycles. The van der Waals surface area contributed by atoms with Crippen molar-refractivity contribution in [2.24, 2.45) is 0 Å². The minimum Gasteiger partial charge on any atom is -0.306 e. The van der Waals surface area contributed by atoms with Crippen molar-refractivity contribution in [3.63, 3.8) is 0 Å². The van der Waals surface area contributed by atoms with E-state index in [0.717, 1.165) is 39.9 Å². The number of sulfonamides is 1. The first-order chi connectivity index (χ1) is 14.8. The number of aryl methyl sites for hydroxylation is 2. The van der Waals surface area contributed by atoms with Gasteiger partial charge < -0.3 is 4.40 Å². The van der Waals surface area contributed by atoms with E-state index in [0.29, 0.717) is 0 Å². The summed E-state index contributed by atoms with van der Waals surface area (Å²) in [6, 6.07) is 18.0. The Morgan fingerprint density at radius 1 is 0.903 bits per heavy atom. The Bertz CT molecular complexity index is 1420. The topological polar surface area (TPSA) is 63.5 Å². The molecular formula is C25H23N3O2S. The van der Waals surface area contributed by atoms with Gasteiger partial charge in [0.2, 0.25) is 10.0 Å². The molecule has 0 fully saturated rings. The van der Waals surface area contributed by atoms with Crippen LogP contribution in [0.1, 0.15) is 27.8 Å². The van der Waals surface area contributed by atoms with Crippen molar-refractivity contribution in [3.05, 3.63) is 94.8 Å². The lowest BCUT2D eigenvalue weighted by atomic mass is 10.1. The van der Waals surface area contributed by atoms with Crippen molar-refractivity contribution in [2.45, 2.75) is 20.4 Å². The lowest BCUT2D eigenvalue weighted by molar-refractivity contribution is 0.587. The molecule has 1 N–H and O–H groups in total. The molecule has 0 radical (unpaired) electrons. The first kappa shape index (κ1) is 20.9. The third-order valence-corrected chi connectivity index (χ3v) is 5.76. The number of hydrogen-bond donors (Lipinski definition) is 1. The average molecular weight is 430 g/mol. The highest BCUT2D eigenvalue weighted by atomic mass is 32.2. The van der Waals surface area contributed by atoms with E-state index in [4.69, 9.17) is 0 Å². The summed E-state index contributed by atoms with van der Waals surface area (Å²) < 4.78 is 27.0. The van der Waals surface area contributed by atoms with Crippen LogP contribution >= 0.6 is 0 Å². The molecule has 0 aliphatic heterocycles. The Morgan fingerprint density at radius 3 is 2.32 bits per heavy atom. The van der Waals surface area contributed by atoms with Gasteiger partial charge in [0.25, 0.3) is 0 Å². The smallest absolute Gasteiger partial charge is 0.209 e. The van der Waals surface area contributed by atoms with Crippen LogP contribution in [0, 0.1) is 25.7 Å². The number of hydrogen-bond acceptors (Lipinski definition) is 3. The molecule has 2 aromatic carbocycles. The second-order valence-electron chi connectivity index (χ2n) is 7.65. The van der Waals surface area contributed by atoms with Crippen LogP contribution in [0.3, 0.4) is 0 Å². The summed E-state index contributed by atoms with van der Waals surface area (Å²) in [5.41, 5.74) is 7.97. The molecule has 6 heteroatoms. The van der Waals surface area contributed by atoms with Crippen LogP contribution in [-0.2, 0) is 16.6 Å². The minimum atomic E-state index is -3.23. The van der Waals surface area contributed by atoms with E-state index in [-0.39, 0.29) is 6.54 Å². The third-order valence-electron chi connectivity index (χ3n) is 5.09. The molecule has 2 heterocycles. The highest BCUT2D eigenvalue weighted by Crippen LogP contribution is 2.20. The van der Waals surface area contributed by atoms with E-state index in [9.17, 15) is 8.42 Å². The fourth-order valence-electron chi connectivity index (χ4n) is 3.18. The molecule has 5 nitrogen and oxygen atoms in total. The van der Waals surface area contributed by atoms with E-state index in [1.807, 2.05) is 59.3 Å². The SMILES string of the molecule is Cc1ccc(C#Cc2ccc(-c3cn4cc(CNS(C)(=O)=O)ccc4n3)cc2)cc1C. The molecule has 0 aliphatic rings. The Balaban J connectivity index is 1.53. The lowest BCUT2D eigenvalue weighted by Gasteiger charge is -2.03. The molecule has 2 aromatic heterocycles. The van der Waals surface area contributed by atoms with Crippen LogP contribution in [0.4, 0.5) is 0 Å². The molecule has 31 heavy (non-hydrogen) atoms. The summed E-state index contributed by atoms with van der Waals surface area (Å²) in [5.74, 6) is 6.43. The second kappa shape index (κ2) is 8.38. The number of aromatic nitrogens is 2. The van der Waals surface area contributed by atoms with Crippen molar-refractivity contribution in [3.8, 4) is 23.1 Å². The molecular weight excluding hydrogens is 406 g/mol. The second-order valence-corrected chi connectivity index (χ2v) is 9.48. The lowest BCUT2D eigenvalue weighted by Crippen LogP contribution is -2.21.